The number of fused-ring (bicyclic) bond motifs is 2. The molecule has 2 N–H and O–H groups in total. The van der Waals surface area contributed by atoms with E-state index >= 15 is 0 Å². The smallest absolute Gasteiger partial charge is 0.224 e. The third-order valence-corrected chi connectivity index (χ3v) is 4.93. The second-order valence-corrected chi connectivity index (χ2v) is 6.68. The maximum atomic E-state index is 12.3. The molecule has 4 aromatic rings. The Morgan fingerprint density at radius 1 is 1.23 bits per heavy atom. The molecule has 5 nitrogen and oxygen atoms in total. The Morgan fingerprint density at radius 2 is 2.08 bits per heavy atom. The van der Waals surface area contributed by atoms with Gasteiger partial charge in [0.15, 0.2) is 0 Å². The number of carbonyl (C=O) groups is 1. The fourth-order valence-electron chi connectivity index (χ4n) is 3.38. The molecule has 0 spiro atoms. The Balaban J connectivity index is 1.36. The number of hydrogen-bond acceptors (Lipinski definition) is 2. The van der Waals surface area contributed by atoms with Crippen molar-refractivity contribution in [3.63, 3.8) is 0 Å². The van der Waals surface area contributed by atoms with Crippen molar-refractivity contribution in [1.29, 1.82) is 0 Å². The van der Waals surface area contributed by atoms with E-state index in [0.717, 1.165) is 39.7 Å². The SMILES string of the molecule is Cc1nc2cc(CCNC(=O)Cc3c[nH]c4ccccc34)ccc2n1C. The summed E-state index contributed by atoms with van der Waals surface area (Å²) < 4.78 is 2.09. The molecule has 5 heteroatoms. The standard InChI is InChI=1S/C21H22N4O/c1-14-24-19-11-15(7-8-20(19)25(14)2)9-10-22-21(26)12-16-13-23-18-6-4-3-5-17(16)18/h3-8,11,13,23H,9-10,12H2,1-2H3,(H,22,26). The van der Waals surface area contributed by atoms with Gasteiger partial charge in [0.1, 0.15) is 5.82 Å². The molecule has 2 heterocycles. The van der Waals surface area contributed by atoms with Gasteiger partial charge in [0.05, 0.1) is 17.5 Å². The normalized spacial score (nSPS) is 11.3. The summed E-state index contributed by atoms with van der Waals surface area (Å²) in [6, 6.07) is 14.3. The Kier molecular flexibility index (Phi) is 4.21. The number of aryl methyl sites for hydroxylation is 2. The second kappa shape index (κ2) is 6.67. The quantitative estimate of drug-likeness (QED) is 0.583. The van der Waals surface area contributed by atoms with Crippen molar-refractivity contribution in [1.82, 2.24) is 19.9 Å². The summed E-state index contributed by atoms with van der Waals surface area (Å²) in [7, 11) is 2.02. The molecule has 2 aromatic heterocycles. The number of aromatic amines is 1. The Hall–Kier alpha value is -3.08. The predicted octanol–water partition coefficient (Wildman–Crippen LogP) is 3.26. The van der Waals surface area contributed by atoms with Gasteiger partial charge in [-0.25, -0.2) is 4.98 Å². The van der Waals surface area contributed by atoms with E-state index in [-0.39, 0.29) is 5.91 Å². The zero-order chi connectivity index (χ0) is 18.1. The second-order valence-electron chi connectivity index (χ2n) is 6.68. The lowest BCUT2D eigenvalue weighted by Gasteiger charge is -2.06. The molecular weight excluding hydrogens is 324 g/mol. The van der Waals surface area contributed by atoms with E-state index in [2.05, 4.69) is 38.1 Å². The molecule has 0 fully saturated rings. The number of para-hydroxylation sites is 1. The van der Waals surface area contributed by atoms with Crippen LogP contribution in [0.15, 0.2) is 48.7 Å². The van der Waals surface area contributed by atoms with E-state index in [9.17, 15) is 4.79 Å². The van der Waals surface area contributed by atoms with Crippen molar-refractivity contribution >= 4 is 27.8 Å². The van der Waals surface area contributed by atoms with Crippen molar-refractivity contribution in [3.8, 4) is 0 Å². The molecule has 0 unspecified atom stereocenters. The van der Waals surface area contributed by atoms with Crippen LogP contribution in [0.5, 0.6) is 0 Å². The highest BCUT2D eigenvalue weighted by Gasteiger charge is 2.09. The van der Waals surface area contributed by atoms with E-state index in [0.29, 0.717) is 13.0 Å². The highest BCUT2D eigenvalue weighted by molar-refractivity contribution is 5.88. The molecule has 0 bridgehead atoms. The number of nitrogens with one attached hydrogen (secondary N) is 2. The maximum Gasteiger partial charge on any atom is 0.224 e. The fourth-order valence-corrected chi connectivity index (χ4v) is 3.38. The number of nitrogens with zero attached hydrogens (tertiary/aromatic N) is 2. The number of carbonyl (C=O) groups excluding carboxylic acids is 1. The van der Waals surface area contributed by atoms with Crippen LogP contribution in [0.1, 0.15) is 17.0 Å². The molecule has 4 rings (SSSR count). The number of amides is 1. The van der Waals surface area contributed by atoms with Gasteiger partial charge in [0.2, 0.25) is 5.91 Å². The summed E-state index contributed by atoms with van der Waals surface area (Å²) >= 11 is 0. The summed E-state index contributed by atoms with van der Waals surface area (Å²) in [6.07, 6.45) is 3.11. The van der Waals surface area contributed by atoms with Gasteiger partial charge in [-0.3, -0.25) is 4.79 Å². The number of hydrogen-bond donors (Lipinski definition) is 2. The van der Waals surface area contributed by atoms with E-state index in [1.165, 1.54) is 5.56 Å². The monoisotopic (exact) mass is 346 g/mol. The largest absolute Gasteiger partial charge is 0.361 e. The van der Waals surface area contributed by atoms with Crippen molar-refractivity contribution in [2.24, 2.45) is 7.05 Å². The molecule has 2 aromatic carbocycles. The van der Waals surface area contributed by atoms with Gasteiger partial charge in [-0.1, -0.05) is 24.3 Å². The van der Waals surface area contributed by atoms with Crippen LogP contribution in [0, 0.1) is 6.92 Å². The molecule has 0 aliphatic carbocycles. The molecule has 0 atom stereocenters. The Morgan fingerprint density at radius 3 is 2.96 bits per heavy atom. The van der Waals surface area contributed by atoms with Gasteiger partial charge >= 0.3 is 0 Å². The Bertz CT molecular complexity index is 1090. The lowest BCUT2D eigenvalue weighted by molar-refractivity contribution is -0.120. The minimum Gasteiger partial charge on any atom is -0.361 e. The molecule has 1 amide bonds. The number of H-pyrrole nitrogens is 1. The molecule has 26 heavy (non-hydrogen) atoms. The van der Waals surface area contributed by atoms with Gasteiger partial charge in [-0.05, 0) is 42.7 Å². The van der Waals surface area contributed by atoms with Crippen LogP contribution < -0.4 is 5.32 Å². The zero-order valence-corrected chi connectivity index (χ0v) is 15.0. The van der Waals surface area contributed by atoms with Crippen LogP contribution in [0.25, 0.3) is 21.9 Å². The van der Waals surface area contributed by atoms with Gasteiger partial charge in [0.25, 0.3) is 0 Å². The first-order valence-corrected chi connectivity index (χ1v) is 8.85. The third-order valence-electron chi connectivity index (χ3n) is 4.93. The van der Waals surface area contributed by atoms with E-state index in [4.69, 9.17) is 0 Å². The number of aromatic nitrogens is 3. The number of benzene rings is 2. The fraction of sp³-hybridized carbons (Fsp3) is 0.238. The van der Waals surface area contributed by atoms with Crippen LogP contribution in [0.2, 0.25) is 0 Å². The molecule has 0 saturated heterocycles. The topological polar surface area (TPSA) is 62.7 Å². The first-order chi connectivity index (χ1) is 12.6. The summed E-state index contributed by atoms with van der Waals surface area (Å²) in [6.45, 7) is 2.63. The molecule has 0 radical (unpaired) electrons. The lowest BCUT2D eigenvalue weighted by atomic mass is 10.1. The minimum atomic E-state index is 0.0458. The van der Waals surface area contributed by atoms with Gasteiger partial charge < -0.3 is 14.9 Å². The molecule has 132 valence electrons. The summed E-state index contributed by atoms with van der Waals surface area (Å²) in [5, 5.41) is 4.13. The molecular formula is C21H22N4O. The van der Waals surface area contributed by atoms with Gasteiger partial charge in [-0.2, -0.15) is 0 Å². The van der Waals surface area contributed by atoms with E-state index in [1.54, 1.807) is 0 Å². The average molecular weight is 346 g/mol. The molecule has 0 saturated carbocycles. The lowest BCUT2D eigenvalue weighted by Crippen LogP contribution is -2.27. The van der Waals surface area contributed by atoms with E-state index < -0.39 is 0 Å². The van der Waals surface area contributed by atoms with Crippen LogP contribution in [0.4, 0.5) is 0 Å². The van der Waals surface area contributed by atoms with Crippen molar-refractivity contribution in [2.75, 3.05) is 6.54 Å². The van der Waals surface area contributed by atoms with Crippen LogP contribution in [-0.2, 0) is 24.7 Å². The minimum absolute atomic E-state index is 0.0458. The number of rotatable bonds is 5. The summed E-state index contributed by atoms with van der Waals surface area (Å²) in [5.41, 5.74) is 5.42. The first-order valence-electron chi connectivity index (χ1n) is 8.85. The number of imidazole rings is 1. The van der Waals surface area contributed by atoms with Crippen molar-refractivity contribution < 1.29 is 4.79 Å². The first kappa shape index (κ1) is 16.4. The summed E-state index contributed by atoms with van der Waals surface area (Å²) in [5.74, 6) is 1.05. The average Bonchev–Trinajstić information content (AvgIpc) is 3.16. The highest BCUT2D eigenvalue weighted by Crippen LogP contribution is 2.18. The zero-order valence-electron chi connectivity index (χ0n) is 15.0. The predicted molar refractivity (Wildman–Crippen MR) is 104 cm³/mol. The van der Waals surface area contributed by atoms with Crippen LogP contribution >= 0.6 is 0 Å². The van der Waals surface area contributed by atoms with Gasteiger partial charge in [0, 0.05) is 30.7 Å². The molecule has 0 aliphatic heterocycles. The van der Waals surface area contributed by atoms with Crippen LogP contribution in [-0.4, -0.2) is 27.0 Å². The van der Waals surface area contributed by atoms with Crippen LogP contribution in [0.3, 0.4) is 0 Å². The highest BCUT2D eigenvalue weighted by atomic mass is 16.1. The molecule has 0 aliphatic rings. The van der Waals surface area contributed by atoms with Gasteiger partial charge in [-0.15, -0.1) is 0 Å². The van der Waals surface area contributed by atoms with Crippen molar-refractivity contribution in [2.45, 2.75) is 19.8 Å². The van der Waals surface area contributed by atoms with Crippen molar-refractivity contribution in [3.05, 3.63) is 65.6 Å². The van der Waals surface area contributed by atoms with E-state index in [1.807, 2.05) is 44.4 Å². The summed E-state index contributed by atoms with van der Waals surface area (Å²) in [4.78, 5) is 20.0. The maximum absolute atomic E-state index is 12.3. The Labute approximate surface area is 152 Å². The third kappa shape index (κ3) is 3.08.